The highest BCUT2D eigenvalue weighted by atomic mass is 16.3. The number of rotatable bonds is 6. The molecule has 0 bridgehead atoms. The third-order valence-corrected chi connectivity index (χ3v) is 4.41. The predicted octanol–water partition coefficient (Wildman–Crippen LogP) is 2.66. The van der Waals surface area contributed by atoms with Gasteiger partial charge in [-0.25, -0.2) is 4.98 Å². The molecule has 2 aromatic rings. The van der Waals surface area contributed by atoms with E-state index in [4.69, 9.17) is 4.42 Å². The summed E-state index contributed by atoms with van der Waals surface area (Å²) in [4.78, 5) is 12.6. The van der Waals surface area contributed by atoms with Crippen molar-refractivity contribution in [3.05, 3.63) is 41.9 Å². The maximum atomic E-state index is 5.44. The topological polar surface area (TPSA) is 48.3 Å². The summed E-state index contributed by atoms with van der Waals surface area (Å²) < 4.78 is 5.44. The van der Waals surface area contributed by atoms with Crippen molar-refractivity contribution in [2.45, 2.75) is 32.9 Å². The van der Waals surface area contributed by atoms with E-state index in [1.54, 1.807) is 6.26 Å². The molecule has 22 heavy (non-hydrogen) atoms. The van der Waals surface area contributed by atoms with Gasteiger partial charge in [-0.2, -0.15) is 0 Å². The first-order chi connectivity index (χ1) is 10.7. The zero-order chi connectivity index (χ0) is 15.4. The van der Waals surface area contributed by atoms with Crippen LogP contribution in [-0.2, 0) is 13.1 Å². The van der Waals surface area contributed by atoms with E-state index in [2.05, 4.69) is 32.9 Å². The third kappa shape index (κ3) is 4.21. The number of hydrogen-bond donors (Lipinski definition) is 1. The molecule has 0 amide bonds. The monoisotopic (exact) mass is 302 g/mol. The smallest absolute Gasteiger partial charge is 0.120 e. The zero-order valence-corrected chi connectivity index (χ0v) is 13.6. The molecule has 0 atom stereocenters. The molecular formula is C17H26N4O. The maximum Gasteiger partial charge on any atom is 0.120 e. The van der Waals surface area contributed by atoms with E-state index >= 15 is 0 Å². The van der Waals surface area contributed by atoms with Crippen molar-refractivity contribution in [1.82, 2.24) is 19.8 Å². The number of piperidine rings is 1. The van der Waals surface area contributed by atoms with Gasteiger partial charge in [0, 0.05) is 18.4 Å². The van der Waals surface area contributed by atoms with Crippen LogP contribution in [0.25, 0.3) is 0 Å². The Morgan fingerprint density at radius 2 is 2.23 bits per heavy atom. The van der Waals surface area contributed by atoms with Gasteiger partial charge in [0.2, 0.25) is 0 Å². The second-order valence-electron chi connectivity index (χ2n) is 6.51. The fraction of sp³-hybridized carbons (Fsp3) is 0.588. The van der Waals surface area contributed by atoms with E-state index in [1.165, 1.54) is 25.9 Å². The average Bonchev–Trinajstić information content (AvgIpc) is 3.13. The van der Waals surface area contributed by atoms with Crippen LogP contribution in [0.15, 0.2) is 29.0 Å². The number of H-pyrrole nitrogens is 1. The van der Waals surface area contributed by atoms with Crippen molar-refractivity contribution in [3.63, 3.8) is 0 Å². The highest BCUT2D eigenvalue weighted by Crippen LogP contribution is 2.20. The molecule has 0 spiro atoms. The molecule has 0 aliphatic carbocycles. The van der Waals surface area contributed by atoms with Crippen LogP contribution in [0.3, 0.4) is 0 Å². The Kier molecular flexibility index (Phi) is 4.95. The van der Waals surface area contributed by atoms with Crippen molar-refractivity contribution in [3.8, 4) is 0 Å². The number of aromatic amines is 1. The Morgan fingerprint density at radius 3 is 2.86 bits per heavy atom. The molecule has 1 N–H and O–H groups in total. The Balaban J connectivity index is 1.39. The summed E-state index contributed by atoms with van der Waals surface area (Å²) in [6.07, 6.45) is 6.19. The molecule has 0 unspecified atom stereocenters. The molecule has 0 radical (unpaired) electrons. The fourth-order valence-electron chi connectivity index (χ4n) is 3.26. The summed E-state index contributed by atoms with van der Waals surface area (Å²) in [6, 6.07) is 4.03. The predicted molar refractivity (Wildman–Crippen MR) is 86.4 cm³/mol. The minimum Gasteiger partial charge on any atom is -0.468 e. The quantitative estimate of drug-likeness (QED) is 0.891. The average molecular weight is 302 g/mol. The van der Waals surface area contributed by atoms with Crippen LogP contribution in [0.1, 0.15) is 30.1 Å². The lowest BCUT2D eigenvalue weighted by Gasteiger charge is -2.33. The van der Waals surface area contributed by atoms with Crippen LogP contribution in [0.4, 0.5) is 0 Å². The van der Waals surface area contributed by atoms with E-state index in [0.29, 0.717) is 0 Å². The van der Waals surface area contributed by atoms with Gasteiger partial charge in [0.15, 0.2) is 0 Å². The van der Waals surface area contributed by atoms with Gasteiger partial charge in [-0.1, -0.05) is 0 Å². The van der Waals surface area contributed by atoms with Gasteiger partial charge < -0.3 is 9.40 Å². The van der Waals surface area contributed by atoms with E-state index in [0.717, 1.165) is 42.8 Å². The summed E-state index contributed by atoms with van der Waals surface area (Å²) in [6.45, 7) is 7.37. The van der Waals surface area contributed by atoms with Gasteiger partial charge in [-0.05, 0) is 58.0 Å². The molecular weight excluding hydrogens is 276 g/mol. The lowest BCUT2D eigenvalue weighted by atomic mass is 9.96. The molecule has 2 aromatic heterocycles. The summed E-state index contributed by atoms with van der Waals surface area (Å²) in [5.41, 5.74) is 1.13. The van der Waals surface area contributed by atoms with Gasteiger partial charge in [0.05, 0.1) is 19.4 Å². The number of hydrogen-bond acceptors (Lipinski definition) is 4. The van der Waals surface area contributed by atoms with Gasteiger partial charge in [-0.15, -0.1) is 0 Å². The number of nitrogens with zero attached hydrogens (tertiary/aromatic N) is 3. The minimum absolute atomic E-state index is 0.786. The van der Waals surface area contributed by atoms with Gasteiger partial charge in [0.1, 0.15) is 11.6 Å². The van der Waals surface area contributed by atoms with E-state index in [9.17, 15) is 0 Å². The Morgan fingerprint density at radius 1 is 1.41 bits per heavy atom. The number of likely N-dealkylation sites (tertiary alicyclic amines) is 1. The van der Waals surface area contributed by atoms with Crippen LogP contribution >= 0.6 is 0 Å². The van der Waals surface area contributed by atoms with E-state index in [-0.39, 0.29) is 0 Å². The van der Waals surface area contributed by atoms with E-state index < -0.39 is 0 Å². The standard InChI is InChI=1S/C17H26N4O/c1-14-10-18-17(19-14)13-20(2)11-15-5-7-21(8-6-15)12-16-4-3-9-22-16/h3-4,9-10,15H,5-8,11-13H2,1-2H3,(H,18,19). The van der Waals surface area contributed by atoms with Crippen molar-refractivity contribution in [1.29, 1.82) is 0 Å². The number of aromatic nitrogens is 2. The van der Waals surface area contributed by atoms with Crippen molar-refractivity contribution in [2.75, 3.05) is 26.7 Å². The van der Waals surface area contributed by atoms with Crippen molar-refractivity contribution < 1.29 is 4.42 Å². The highest BCUT2D eigenvalue weighted by molar-refractivity contribution is 4.99. The van der Waals surface area contributed by atoms with Crippen LogP contribution in [0.5, 0.6) is 0 Å². The first-order valence-corrected chi connectivity index (χ1v) is 8.13. The first-order valence-electron chi connectivity index (χ1n) is 8.13. The zero-order valence-electron chi connectivity index (χ0n) is 13.6. The first kappa shape index (κ1) is 15.3. The summed E-state index contributed by atoms with van der Waals surface area (Å²) >= 11 is 0. The van der Waals surface area contributed by atoms with Crippen molar-refractivity contribution >= 4 is 0 Å². The molecule has 1 fully saturated rings. The van der Waals surface area contributed by atoms with Crippen LogP contribution < -0.4 is 0 Å². The number of aryl methyl sites for hydroxylation is 1. The highest BCUT2D eigenvalue weighted by Gasteiger charge is 2.21. The molecule has 1 saturated heterocycles. The number of nitrogens with one attached hydrogen (secondary N) is 1. The summed E-state index contributed by atoms with van der Waals surface area (Å²) in [5.74, 6) is 2.92. The number of furan rings is 1. The van der Waals surface area contributed by atoms with Gasteiger partial charge in [0.25, 0.3) is 0 Å². The SMILES string of the molecule is Cc1cnc(CN(C)CC2CCN(Cc3ccco3)CC2)[nH]1. The Bertz CT molecular complexity index is 555. The van der Waals surface area contributed by atoms with Gasteiger partial charge in [-0.3, -0.25) is 9.80 Å². The van der Waals surface area contributed by atoms with Crippen LogP contribution in [0.2, 0.25) is 0 Å². The van der Waals surface area contributed by atoms with Crippen molar-refractivity contribution in [2.24, 2.45) is 5.92 Å². The van der Waals surface area contributed by atoms with Gasteiger partial charge >= 0.3 is 0 Å². The van der Waals surface area contributed by atoms with E-state index in [1.807, 2.05) is 19.2 Å². The molecule has 3 heterocycles. The fourth-order valence-corrected chi connectivity index (χ4v) is 3.26. The molecule has 120 valence electrons. The molecule has 0 aromatic carbocycles. The Labute approximate surface area is 132 Å². The maximum absolute atomic E-state index is 5.44. The largest absolute Gasteiger partial charge is 0.468 e. The molecule has 1 aliphatic heterocycles. The summed E-state index contributed by atoms with van der Waals surface area (Å²) in [5, 5.41) is 0. The third-order valence-electron chi connectivity index (χ3n) is 4.41. The molecule has 5 heteroatoms. The second-order valence-corrected chi connectivity index (χ2v) is 6.51. The molecule has 1 aliphatic rings. The van der Waals surface area contributed by atoms with Crippen LogP contribution in [0, 0.1) is 12.8 Å². The Hall–Kier alpha value is -1.59. The molecule has 3 rings (SSSR count). The number of imidazole rings is 1. The normalized spacial score (nSPS) is 17.4. The lowest BCUT2D eigenvalue weighted by molar-refractivity contribution is 0.139. The molecule has 5 nitrogen and oxygen atoms in total. The van der Waals surface area contributed by atoms with Crippen LogP contribution in [-0.4, -0.2) is 46.4 Å². The second kappa shape index (κ2) is 7.11. The minimum atomic E-state index is 0.786. The molecule has 0 saturated carbocycles. The lowest BCUT2D eigenvalue weighted by Crippen LogP contribution is -2.37. The summed E-state index contributed by atoms with van der Waals surface area (Å²) in [7, 11) is 2.19.